The number of benzene rings is 2. The minimum Gasteiger partial charge on any atom is -0.331 e. The lowest BCUT2D eigenvalue weighted by molar-refractivity contribution is -0.384. The van der Waals surface area contributed by atoms with Crippen LogP contribution in [0.4, 0.5) is 5.69 Å². The molecule has 0 radical (unpaired) electrons. The quantitative estimate of drug-likeness (QED) is 0.266. The molecule has 4 aromatic rings. The molecular weight excluding hydrogens is 520 g/mol. The van der Waals surface area contributed by atoms with Gasteiger partial charge >= 0.3 is 0 Å². The summed E-state index contributed by atoms with van der Waals surface area (Å²) in [6.45, 7) is 1.77. The summed E-state index contributed by atoms with van der Waals surface area (Å²) in [5.74, 6) is -0.902. The van der Waals surface area contributed by atoms with E-state index in [-0.39, 0.29) is 34.1 Å². The molecule has 0 atom stereocenters. The first-order valence-electron chi connectivity index (χ1n) is 11.4. The summed E-state index contributed by atoms with van der Waals surface area (Å²) < 4.78 is 29.1. The smallest absolute Gasteiger partial charge is 0.282 e. The Morgan fingerprint density at radius 2 is 1.97 bits per heavy atom. The zero-order chi connectivity index (χ0) is 26.5. The van der Waals surface area contributed by atoms with Crippen molar-refractivity contribution in [3.05, 3.63) is 97.0 Å². The molecule has 2 aromatic carbocycles. The molecule has 5 rings (SSSR count). The first-order valence-corrected chi connectivity index (χ1v) is 13.3. The number of aryl methyl sites for hydroxylation is 1. The van der Waals surface area contributed by atoms with E-state index in [1.807, 2.05) is 13.0 Å². The highest BCUT2D eigenvalue weighted by atomic mass is 35.5. The maximum absolute atomic E-state index is 13.7. The molecule has 10 nitrogen and oxygen atoms in total. The molecule has 0 unspecified atom stereocenters. The Bertz CT molecular complexity index is 1750. The second-order valence-corrected chi connectivity index (χ2v) is 11.3. The Kier molecular flexibility index (Phi) is 6.12. The number of rotatable bonds is 7. The summed E-state index contributed by atoms with van der Waals surface area (Å²) in [5.41, 5.74) is 1.44. The van der Waals surface area contributed by atoms with Crippen LogP contribution in [0.2, 0.25) is 5.02 Å². The fourth-order valence-corrected chi connectivity index (χ4v) is 5.82. The number of aromatic nitrogens is 2. The zero-order valence-electron chi connectivity index (χ0n) is 19.5. The number of nitrogens with zero attached hydrogens (tertiary/aromatic N) is 2. The van der Waals surface area contributed by atoms with Crippen LogP contribution in [0.25, 0.3) is 22.0 Å². The summed E-state index contributed by atoms with van der Waals surface area (Å²) in [6.07, 6.45) is 2.37. The van der Waals surface area contributed by atoms with Gasteiger partial charge in [-0.05, 0) is 55.7 Å². The van der Waals surface area contributed by atoms with Gasteiger partial charge in [0.05, 0.1) is 16.7 Å². The fraction of sp³-hybridized carbons (Fsp3) is 0.200. The summed E-state index contributed by atoms with van der Waals surface area (Å²) >= 11 is 6.38. The van der Waals surface area contributed by atoms with Crippen LogP contribution in [-0.2, 0) is 16.6 Å². The molecule has 0 bridgehead atoms. The number of H-pyrrole nitrogens is 1. The van der Waals surface area contributed by atoms with Crippen LogP contribution in [0.3, 0.4) is 0 Å². The number of sulfonamides is 1. The number of nitro groups is 1. The van der Waals surface area contributed by atoms with Crippen molar-refractivity contribution < 1.29 is 18.1 Å². The number of nitrogens with one attached hydrogen (secondary N) is 2. The van der Waals surface area contributed by atoms with Crippen molar-refractivity contribution in [2.24, 2.45) is 0 Å². The first-order chi connectivity index (χ1) is 17.6. The maximum atomic E-state index is 13.7. The lowest BCUT2D eigenvalue weighted by Gasteiger charge is -2.14. The third-order valence-corrected chi connectivity index (χ3v) is 8.48. The van der Waals surface area contributed by atoms with Gasteiger partial charge in [-0.25, -0.2) is 13.1 Å². The van der Waals surface area contributed by atoms with Crippen LogP contribution in [0.1, 0.15) is 34.5 Å². The monoisotopic (exact) mass is 540 g/mol. The minimum atomic E-state index is -3.92. The molecule has 0 aliphatic heterocycles. The summed E-state index contributed by atoms with van der Waals surface area (Å²) in [5, 5.41) is 11.5. The molecule has 2 aromatic heterocycles. The molecule has 1 fully saturated rings. The van der Waals surface area contributed by atoms with Gasteiger partial charge in [-0.1, -0.05) is 23.2 Å². The number of amides is 1. The van der Waals surface area contributed by atoms with Gasteiger partial charge in [-0.15, -0.1) is 0 Å². The Labute approximate surface area is 216 Å². The topological polar surface area (TPSA) is 144 Å². The second kappa shape index (κ2) is 9.16. The molecule has 2 heterocycles. The molecular formula is C25H21ClN4O6S. The third-order valence-electron chi connectivity index (χ3n) is 6.29. The predicted octanol–water partition coefficient (Wildman–Crippen LogP) is 4.14. The number of hydrogen-bond acceptors (Lipinski definition) is 6. The number of halogens is 1. The fourth-order valence-electron chi connectivity index (χ4n) is 4.37. The van der Waals surface area contributed by atoms with Crippen molar-refractivity contribution in [2.75, 3.05) is 0 Å². The molecule has 12 heteroatoms. The molecule has 1 aliphatic rings. The van der Waals surface area contributed by atoms with E-state index in [4.69, 9.17) is 11.6 Å². The van der Waals surface area contributed by atoms with Gasteiger partial charge in [0.15, 0.2) is 0 Å². The minimum absolute atomic E-state index is 0.0657. The largest absolute Gasteiger partial charge is 0.331 e. The van der Waals surface area contributed by atoms with E-state index in [1.165, 1.54) is 24.4 Å². The molecule has 0 spiro atoms. The van der Waals surface area contributed by atoms with E-state index in [2.05, 4.69) is 9.71 Å². The molecule has 190 valence electrons. The third kappa shape index (κ3) is 4.63. The van der Waals surface area contributed by atoms with Crippen LogP contribution >= 0.6 is 11.6 Å². The average molecular weight is 541 g/mol. The number of carbonyl (C=O) groups is 1. The highest BCUT2D eigenvalue weighted by Gasteiger charge is 2.38. The molecule has 1 saturated carbocycles. The highest BCUT2D eigenvalue weighted by molar-refractivity contribution is 7.91. The number of aromatic amines is 1. The zero-order valence-corrected chi connectivity index (χ0v) is 21.1. The van der Waals surface area contributed by atoms with Gasteiger partial charge in [0.1, 0.15) is 5.69 Å². The van der Waals surface area contributed by atoms with E-state index >= 15 is 0 Å². The van der Waals surface area contributed by atoms with Crippen LogP contribution in [0.15, 0.2) is 59.5 Å². The standard InChI is InChI=1S/C25H21ClN4O6S/c1-14-4-9-21-19(11-14)22(18-3-2-10-27-24(18)31)23(25(32)28-37(35,36)17-6-7-17)29(21)13-15-12-16(30(33)34)5-8-20(15)26/h2-5,8-12,17H,6-7,13H2,1H3,(H,27,31)(H,28,32). The molecule has 2 N–H and O–H groups in total. The van der Waals surface area contributed by atoms with E-state index < -0.39 is 31.7 Å². The molecule has 0 saturated heterocycles. The lowest BCUT2D eigenvalue weighted by atomic mass is 10.0. The van der Waals surface area contributed by atoms with Crippen molar-refractivity contribution >= 4 is 44.1 Å². The van der Waals surface area contributed by atoms with Gasteiger partial charge in [0.2, 0.25) is 10.0 Å². The molecule has 1 aliphatic carbocycles. The van der Waals surface area contributed by atoms with E-state index in [0.717, 1.165) is 5.56 Å². The summed E-state index contributed by atoms with van der Waals surface area (Å²) in [4.78, 5) is 39.9. The number of non-ortho nitro benzene ring substituents is 1. The van der Waals surface area contributed by atoms with Crippen LogP contribution in [0.5, 0.6) is 0 Å². The normalized spacial score (nSPS) is 13.6. The Morgan fingerprint density at radius 1 is 1.22 bits per heavy atom. The van der Waals surface area contributed by atoms with Crippen LogP contribution in [0, 0.1) is 17.0 Å². The van der Waals surface area contributed by atoms with Gasteiger partial charge in [0.25, 0.3) is 17.2 Å². The highest BCUT2D eigenvalue weighted by Crippen LogP contribution is 2.36. The lowest BCUT2D eigenvalue weighted by Crippen LogP contribution is -2.35. The molecule has 37 heavy (non-hydrogen) atoms. The first kappa shape index (κ1) is 24.7. The maximum Gasteiger partial charge on any atom is 0.282 e. The predicted molar refractivity (Wildman–Crippen MR) is 139 cm³/mol. The van der Waals surface area contributed by atoms with Crippen molar-refractivity contribution in [3.8, 4) is 11.1 Å². The Hall–Kier alpha value is -3.96. The Morgan fingerprint density at radius 3 is 2.65 bits per heavy atom. The molecule has 1 amide bonds. The van der Waals surface area contributed by atoms with Gasteiger partial charge in [-0.3, -0.25) is 19.7 Å². The van der Waals surface area contributed by atoms with Crippen molar-refractivity contribution in [3.63, 3.8) is 0 Å². The van der Waals surface area contributed by atoms with Crippen LogP contribution < -0.4 is 10.3 Å². The van der Waals surface area contributed by atoms with Gasteiger partial charge in [-0.2, -0.15) is 0 Å². The van der Waals surface area contributed by atoms with Crippen molar-refractivity contribution in [1.29, 1.82) is 0 Å². The summed E-state index contributed by atoms with van der Waals surface area (Å²) in [6, 6.07) is 12.5. The Balaban J connectivity index is 1.80. The number of nitro benzene ring substituents is 1. The van der Waals surface area contributed by atoms with Crippen molar-refractivity contribution in [2.45, 2.75) is 31.6 Å². The number of carbonyl (C=O) groups excluding carboxylic acids is 1. The number of hydrogen-bond donors (Lipinski definition) is 2. The summed E-state index contributed by atoms with van der Waals surface area (Å²) in [7, 11) is -3.92. The second-order valence-electron chi connectivity index (χ2n) is 8.95. The van der Waals surface area contributed by atoms with E-state index in [9.17, 15) is 28.1 Å². The number of pyridine rings is 1. The van der Waals surface area contributed by atoms with Gasteiger partial charge < -0.3 is 9.55 Å². The number of fused-ring (bicyclic) bond motifs is 1. The van der Waals surface area contributed by atoms with E-state index in [1.54, 1.807) is 28.8 Å². The SMILES string of the molecule is Cc1ccc2c(c1)c(-c1ccc[nH]c1=O)c(C(=O)NS(=O)(=O)C1CC1)n2Cc1cc([N+](=O)[O-])ccc1Cl. The van der Waals surface area contributed by atoms with E-state index in [0.29, 0.717) is 29.3 Å². The van der Waals surface area contributed by atoms with Gasteiger partial charge in [0, 0.05) is 45.4 Å². The van der Waals surface area contributed by atoms with Crippen LogP contribution in [-0.4, -0.2) is 34.0 Å². The average Bonchev–Trinajstić information content (AvgIpc) is 3.65. The van der Waals surface area contributed by atoms with Crippen molar-refractivity contribution in [1.82, 2.24) is 14.3 Å².